The van der Waals surface area contributed by atoms with Crippen LogP contribution in [-0.4, -0.2) is 47.8 Å². The number of halogens is 1. The number of hydrogen-bond donors (Lipinski definition) is 0. The molecule has 2 amide bonds. The maximum atomic E-state index is 13.2. The smallest absolute Gasteiger partial charge is 0.254 e. The Labute approximate surface area is 130 Å². The molecule has 1 aliphatic heterocycles. The fraction of sp³-hybridized carbons (Fsp3) is 0.529. The first-order valence-corrected chi connectivity index (χ1v) is 7.80. The van der Waals surface area contributed by atoms with E-state index in [1.165, 1.54) is 12.1 Å². The first kappa shape index (κ1) is 16.5. The molecule has 1 saturated heterocycles. The van der Waals surface area contributed by atoms with Gasteiger partial charge in [0.2, 0.25) is 5.91 Å². The minimum Gasteiger partial charge on any atom is -0.341 e. The predicted octanol–water partition coefficient (Wildman–Crippen LogP) is 2.55. The lowest BCUT2D eigenvalue weighted by molar-refractivity contribution is -0.131. The van der Waals surface area contributed by atoms with Crippen molar-refractivity contribution >= 4 is 11.8 Å². The van der Waals surface area contributed by atoms with Crippen molar-refractivity contribution in [3.8, 4) is 0 Å². The largest absolute Gasteiger partial charge is 0.341 e. The molecule has 1 aromatic rings. The topological polar surface area (TPSA) is 40.6 Å². The maximum absolute atomic E-state index is 13.2. The van der Waals surface area contributed by atoms with Gasteiger partial charge in [-0.1, -0.05) is 19.9 Å². The van der Waals surface area contributed by atoms with Crippen molar-refractivity contribution in [3.05, 3.63) is 35.6 Å². The van der Waals surface area contributed by atoms with Crippen LogP contribution in [0.5, 0.6) is 0 Å². The molecule has 0 atom stereocenters. The van der Waals surface area contributed by atoms with Crippen LogP contribution in [0.15, 0.2) is 24.3 Å². The molecular formula is C17H23FN2O2. The van der Waals surface area contributed by atoms with E-state index >= 15 is 0 Å². The van der Waals surface area contributed by atoms with Crippen LogP contribution >= 0.6 is 0 Å². The number of carbonyl (C=O) groups is 2. The second-order valence-corrected chi connectivity index (χ2v) is 6.13. The zero-order valence-corrected chi connectivity index (χ0v) is 13.2. The van der Waals surface area contributed by atoms with Gasteiger partial charge < -0.3 is 9.80 Å². The third kappa shape index (κ3) is 4.29. The molecule has 0 aliphatic carbocycles. The van der Waals surface area contributed by atoms with E-state index < -0.39 is 5.82 Å². The first-order valence-electron chi connectivity index (χ1n) is 7.80. The third-order valence-electron chi connectivity index (χ3n) is 3.79. The van der Waals surface area contributed by atoms with Gasteiger partial charge in [-0.05, 0) is 30.5 Å². The Bertz CT molecular complexity index is 545. The van der Waals surface area contributed by atoms with Gasteiger partial charge in [0.1, 0.15) is 5.82 Å². The molecule has 0 spiro atoms. The minimum absolute atomic E-state index is 0.148. The third-order valence-corrected chi connectivity index (χ3v) is 3.79. The quantitative estimate of drug-likeness (QED) is 0.861. The van der Waals surface area contributed by atoms with Gasteiger partial charge in [-0.15, -0.1) is 0 Å². The Balaban J connectivity index is 1.98. The fourth-order valence-electron chi connectivity index (χ4n) is 2.65. The summed E-state index contributed by atoms with van der Waals surface area (Å²) in [5.41, 5.74) is 0.363. The standard InChI is InChI=1S/C17H23FN2O2/c1-13(2)11-16(21)19-7-4-8-20(10-9-19)17(22)14-5-3-6-15(18)12-14/h3,5-6,12-13H,4,7-11H2,1-2H3. The van der Waals surface area contributed by atoms with Crippen molar-refractivity contribution in [1.29, 1.82) is 0 Å². The van der Waals surface area contributed by atoms with Gasteiger partial charge in [-0.25, -0.2) is 4.39 Å². The normalized spacial score (nSPS) is 15.8. The van der Waals surface area contributed by atoms with E-state index in [4.69, 9.17) is 0 Å². The maximum Gasteiger partial charge on any atom is 0.254 e. The summed E-state index contributed by atoms with van der Waals surface area (Å²) in [4.78, 5) is 28.1. The summed E-state index contributed by atoms with van der Waals surface area (Å²) in [5.74, 6) is -0.0945. The molecule has 0 saturated carbocycles. The summed E-state index contributed by atoms with van der Waals surface area (Å²) in [6, 6.07) is 5.75. The lowest BCUT2D eigenvalue weighted by Crippen LogP contribution is -2.37. The zero-order valence-electron chi connectivity index (χ0n) is 13.2. The molecule has 1 fully saturated rings. The number of hydrogen-bond acceptors (Lipinski definition) is 2. The first-order chi connectivity index (χ1) is 10.5. The van der Waals surface area contributed by atoms with Crippen LogP contribution in [0, 0.1) is 11.7 Å². The van der Waals surface area contributed by atoms with Gasteiger partial charge in [0, 0.05) is 38.2 Å². The number of benzene rings is 1. The van der Waals surface area contributed by atoms with Crippen LogP contribution in [0.2, 0.25) is 0 Å². The van der Waals surface area contributed by atoms with E-state index in [1.54, 1.807) is 17.0 Å². The Morgan fingerprint density at radius 1 is 1.14 bits per heavy atom. The Morgan fingerprint density at radius 2 is 1.82 bits per heavy atom. The van der Waals surface area contributed by atoms with E-state index in [9.17, 15) is 14.0 Å². The molecule has 0 unspecified atom stereocenters. The van der Waals surface area contributed by atoms with Crippen molar-refractivity contribution in [2.24, 2.45) is 5.92 Å². The van der Waals surface area contributed by atoms with Gasteiger partial charge >= 0.3 is 0 Å². The molecule has 1 aromatic carbocycles. The fourth-order valence-corrected chi connectivity index (χ4v) is 2.65. The Kier molecular flexibility index (Phi) is 5.52. The highest BCUT2D eigenvalue weighted by atomic mass is 19.1. The molecule has 120 valence electrons. The van der Waals surface area contributed by atoms with Crippen molar-refractivity contribution in [1.82, 2.24) is 9.80 Å². The van der Waals surface area contributed by atoms with Crippen LogP contribution in [0.1, 0.15) is 37.0 Å². The number of rotatable bonds is 3. The molecular weight excluding hydrogens is 283 g/mol. The highest BCUT2D eigenvalue weighted by Crippen LogP contribution is 2.12. The van der Waals surface area contributed by atoms with Crippen LogP contribution in [-0.2, 0) is 4.79 Å². The molecule has 2 rings (SSSR count). The van der Waals surface area contributed by atoms with Gasteiger partial charge in [-0.3, -0.25) is 9.59 Å². The summed E-state index contributed by atoms with van der Waals surface area (Å²) < 4.78 is 13.2. The van der Waals surface area contributed by atoms with E-state index in [0.29, 0.717) is 44.1 Å². The van der Waals surface area contributed by atoms with Crippen LogP contribution < -0.4 is 0 Å². The molecule has 0 N–H and O–H groups in total. The highest BCUT2D eigenvalue weighted by Gasteiger charge is 2.23. The average molecular weight is 306 g/mol. The lowest BCUT2D eigenvalue weighted by atomic mass is 10.1. The molecule has 4 nitrogen and oxygen atoms in total. The van der Waals surface area contributed by atoms with Crippen molar-refractivity contribution in [2.45, 2.75) is 26.7 Å². The van der Waals surface area contributed by atoms with E-state index in [2.05, 4.69) is 0 Å². The van der Waals surface area contributed by atoms with Crippen molar-refractivity contribution in [2.75, 3.05) is 26.2 Å². The molecule has 5 heteroatoms. The molecule has 0 radical (unpaired) electrons. The van der Waals surface area contributed by atoms with Gasteiger partial charge in [0.25, 0.3) is 5.91 Å². The highest BCUT2D eigenvalue weighted by molar-refractivity contribution is 5.94. The van der Waals surface area contributed by atoms with Crippen molar-refractivity contribution in [3.63, 3.8) is 0 Å². The summed E-state index contributed by atoms with van der Waals surface area (Å²) in [6.07, 6.45) is 1.29. The Hall–Kier alpha value is -1.91. The van der Waals surface area contributed by atoms with Crippen molar-refractivity contribution < 1.29 is 14.0 Å². The predicted molar refractivity (Wildman–Crippen MR) is 83.0 cm³/mol. The number of amides is 2. The second-order valence-electron chi connectivity index (χ2n) is 6.13. The van der Waals surface area contributed by atoms with Crippen LogP contribution in [0.25, 0.3) is 0 Å². The monoisotopic (exact) mass is 306 g/mol. The minimum atomic E-state index is -0.408. The summed E-state index contributed by atoms with van der Waals surface area (Å²) in [7, 11) is 0. The lowest BCUT2D eigenvalue weighted by Gasteiger charge is -2.23. The van der Waals surface area contributed by atoms with Crippen LogP contribution in [0.3, 0.4) is 0 Å². The van der Waals surface area contributed by atoms with Gasteiger partial charge in [0.15, 0.2) is 0 Å². The van der Waals surface area contributed by atoms with E-state index in [-0.39, 0.29) is 11.8 Å². The molecule has 1 heterocycles. The van der Waals surface area contributed by atoms with Gasteiger partial charge in [0.05, 0.1) is 0 Å². The number of nitrogens with zero attached hydrogens (tertiary/aromatic N) is 2. The summed E-state index contributed by atoms with van der Waals surface area (Å²) in [5, 5.41) is 0. The average Bonchev–Trinajstić information content (AvgIpc) is 2.71. The van der Waals surface area contributed by atoms with Crippen LogP contribution in [0.4, 0.5) is 4.39 Å². The summed E-state index contributed by atoms with van der Waals surface area (Å²) >= 11 is 0. The van der Waals surface area contributed by atoms with E-state index in [1.807, 2.05) is 18.7 Å². The zero-order chi connectivity index (χ0) is 16.1. The van der Waals surface area contributed by atoms with Gasteiger partial charge in [-0.2, -0.15) is 0 Å². The summed E-state index contributed by atoms with van der Waals surface area (Å²) in [6.45, 7) is 6.37. The molecule has 0 aromatic heterocycles. The SMILES string of the molecule is CC(C)CC(=O)N1CCCN(C(=O)c2cccc(F)c2)CC1. The molecule has 22 heavy (non-hydrogen) atoms. The number of carbonyl (C=O) groups excluding carboxylic acids is 2. The van der Waals surface area contributed by atoms with E-state index in [0.717, 1.165) is 6.42 Å². The second kappa shape index (κ2) is 7.38. The molecule has 0 bridgehead atoms. The Morgan fingerprint density at radius 3 is 2.50 bits per heavy atom. The molecule has 1 aliphatic rings.